The fourth-order valence-electron chi connectivity index (χ4n) is 0.852. The van der Waals surface area contributed by atoms with E-state index in [2.05, 4.69) is 56.5 Å². The van der Waals surface area contributed by atoms with E-state index < -0.39 is 0 Å². The first-order chi connectivity index (χ1) is 5.33. The zero-order valence-corrected chi connectivity index (χ0v) is 8.13. The molecule has 0 bridgehead atoms. The molecule has 0 aliphatic rings. The van der Waals surface area contributed by atoms with E-state index in [0.717, 1.165) is 13.1 Å². The fourth-order valence-corrected chi connectivity index (χ4v) is 1.03. The van der Waals surface area contributed by atoms with Gasteiger partial charge in [0.2, 0.25) is 0 Å². The number of nitrogens with one attached hydrogen (secondary N) is 1. The quantitative estimate of drug-likeness (QED) is 0.592. The van der Waals surface area contributed by atoms with E-state index in [9.17, 15) is 0 Å². The topological polar surface area (TPSA) is 15.9 Å². The molecule has 0 saturated carbocycles. The first-order valence-corrected chi connectivity index (χ1v) is 4.41. The van der Waals surface area contributed by atoms with Gasteiger partial charge in [-0.3, -0.25) is 0 Å². The zero-order chi connectivity index (χ0) is 8.10. The first-order valence-electron chi connectivity index (χ1n) is 3.62. The van der Waals surface area contributed by atoms with E-state index in [0.29, 0.717) is 0 Å². The van der Waals surface area contributed by atoms with Crippen LogP contribution in [0.2, 0.25) is 0 Å². The summed E-state index contributed by atoms with van der Waals surface area (Å²) in [4.78, 5) is 0. The number of pyridine rings is 1. The van der Waals surface area contributed by atoms with Crippen LogP contribution in [-0.4, -0.2) is 6.54 Å². The Bertz CT molecular complexity index is 208. The SMILES string of the molecule is Cc1cc[n+](CCNBr)cc1. The van der Waals surface area contributed by atoms with Gasteiger partial charge < -0.3 is 0 Å². The maximum Gasteiger partial charge on any atom is 0.169 e. The van der Waals surface area contributed by atoms with Gasteiger partial charge in [-0.2, -0.15) is 0 Å². The van der Waals surface area contributed by atoms with Crippen LogP contribution in [0.15, 0.2) is 24.5 Å². The van der Waals surface area contributed by atoms with Crippen LogP contribution in [0, 0.1) is 6.92 Å². The van der Waals surface area contributed by atoms with Gasteiger partial charge in [0.05, 0.1) is 6.54 Å². The molecule has 3 heteroatoms. The smallest absolute Gasteiger partial charge is 0.169 e. The van der Waals surface area contributed by atoms with E-state index in [4.69, 9.17) is 0 Å². The molecule has 0 saturated heterocycles. The lowest BCUT2D eigenvalue weighted by atomic mass is 10.3. The number of hydrogen-bond donors (Lipinski definition) is 1. The van der Waals surface area contributed by atoms with Crippen LogP contribution in [0.1, 0.15) is 5.56 Å². The summed E-state index contributed by atoms with van der Waals surface area (Å²) in [5.41, 5.74) is 1.30. The molecule has 1 rings (SSSR count). The lowest BCUT2D eigenvalue weighted by molar-refractivity contribution is -0.694. The second-order valence-corrected chi connectivity index (χ2v) is 3.06. The molecule has 0 amide bonds. The van der Waals surface area contributed by atoms with Crippen LogP contribution in [0.4, 0.5) is 0 Å². The van der Waals surface area contributed by atoms with Gasteiger partial charge in [-0.05, 0) is 12.5 Å². The molecule has 0 spiro atoms. The Balaban J connectivity index is 2.52. The third-order valence-electron chi connectivity index (χ3n) is 1.52. The monoisotopic (exact) mass is 215 g/mol. The lowest BCUT2D eigenvalue weighted by Crippen LogP contribution is -2.36. The van der Waals surface area contributed by atoms with Crippen LogP contribution in [0.3, 0.4) is 0 Å². The van der Waals surface area contributed by atoms with E-state index in [1.807, 2.05) is 0 Å². The van der Waals surface area contributed by atoms with Gasteiger partial charge in [-0.25, -0.2) is 8.91 Å². The standard InChI is InChI=1S/C8H12BrN2/c1-8-2-5-11(6-3-8)7-4-10-9/h2-3,5-6,10H,4,7H2,1H3/q+1. The van der Waals surface area contributed by atoms with Crippen LogP contribution < -0.4 is 8.91 Å². The van der Waals surface area contributed by atoms with Gasteiger partial charge >= 0.3 is 0 Å². The van der Waals surface area contributed by atoms with Crippen molar-refractivity contribution in [2.45, 2.75) is 13.5 Å². The lowest BCUT2D eigenvalue weighted by Gasteiger charge is -1.94. The number of aryl methyl sites for hydroxylation is 1. The summed E-state index contributed by atoms with van der Waals surface area (Å²) in [6.45, 7) is 4.02. The molecule has 0 unspecified atom stereocenters. The maximum atomic E-state index is 3.16. The van der Waals surface area contributed by atoms with E-state index >= 15 is 0 Å². The van der Waals surface area contributed by atoms with Crippen molar-refractivity contribution in [3.63, 3.8) is 0 Å². The summed E-state index contributed by atoms with van der Waals surface area (Å²) in [6, 6.07) is 4.21. The molecule has 0 aliphatic carbocycles. The summed E-state index contributed by atoms with van der Waals surface area (Å²) in [5, 5.41) is 0. The van der Waals surface area contributed by atoms with Gasteiger partial charge in [-0.1, -0.05) is 0 Å². The third kappa shape index (κ3) is 2.99. The maximum absolute atomic E-state index is 3.16. The second-order valence-electron chi connectivity index (χ2n) is 2.50. The minimum Gasteiger partial charge on any atom is -0.250 e. The molecule has 0 aromatic carbocycles. The first kappa shape index (κ1) is 8.68. The molecule has 0 atom stereocenters. The number of hydrogen-bond acceptors (Lipinski definition) is 1. The number of rotatable bonds is 3. The highest BCUT2D eigenvalue weighted by Gasteiger charge is 1.96. The Morgan fingerprint density at radius 3 is 2.64 bits per heavy atom. The Labute approximate surface area is 75.6 Å². The van der Waals surface area contributed by atoms with Crippen molar-refractivity contribution >= 4 is 16.1 Å². The van der Waals surface area contributed by atoms with Crippen molar-refractivity contribution in [2.24, 2.45) is 0 Å². The molecule has 1 aromatic rings. The Hall–Kier alpha value is -0.410. The molecule has 11 heavy (non-hydrogen) atoms. The van der Waals surface area contributed by atoms with Gasteiger partial charge in [0, 0.05) is 28.3 Å². The van der Waals surface area contributed by atoms with Crippen molar-refractivity contribution in [3.8, 4) is 0 Å². The predicted molar refractivity (Wildman–Crippen MR) is 48.3 cm³/mol. The van der Waals surface area contributed by atoms with E-state index in [1.165, 1.54) is 5.56 Å². The van der Waals surface area contributed by atoms with Crippen molar-refractivity contribution in [1.82, 2.24) is 4.34 Å². The number of nitrogens with zero attached hydrogens (tertiary/aromatic N) is 1. The molecule has 1 aromatic heterocycles. The molecule has 0 aliphatic heterocycles. The highest BCUT2D eigenvalue weighted by atomic mass is 79.9. The van der Waals surface area contributed by atoms with Gasteiger partial charge in [0.15, 0.2) is 18.9 Å². The molecule has 0 radical (unpaired) electrons. The van der Waals surface area contributed by atoms with Crippen LogP contribution >= 0.6 is 16.1 Å². The van der Waals surface area contributed by atoms with E-state index in [1.54, 1.807) is 0 Å². The number of halogens is 1. The molecule has 1 heterocycles. The summed E-state index contributed by atoms with van der Waals surface area (Å²) in [6.07, 6.45) is 4.17. The summed E-state index contributed by atoms with van der Waals surface area (Å²) >= 11 is 3.16. The highest BCUT2D eigenvalue weighted by molar-refractivity contribution is 9.08. The second kappa shape index (κ2) is 4.46. The van der Waals surface area contributed by atoms with Gasteiger partial charge in [-0.15, -0.1) is 0 Å². The molecule has 1 N–H and O–H groups in total. The molecule has 0 fully saturated rings. The molecule has 2 nitrogen and oxygen atoms in total. The average molecular weight is 216 g/mol. The van der Waals surface area contributed by atoms with Crippen molar-refractivity contribution in [1.29, 1.82) is 0 Å². The number of aromatic nitrogens is 1. The molecular formula is C8H12BrN2+. The predicted octanol–water partition coefficient (Wildman–Crippen LogP) is 1.18. The molecular weight excluding hydrogens is 204 g/mol. The minimum atomic E-state index is 0.938. The largest absolute Gasteiger partial charge is 0.250 e. The highest BCUT2D eigenvalue weighted by Crippen LogP contribution is 1.89. The third-order valence-corrected chi connectivity index (χ3v) is 1.92. The van der Waals surface area contributed by atoms with E-state index in [-0.39, 0.29) is 0 Å². The Morgan fingerprint density at radius 1 is 1.45 bits per heavy atom. The van der Waals surface area contributed by atoms with Gasteiger partial charge in [0.25, 0.3) is 0 Å². The van der Waals surface area contributed by atoms with Crippen LogP contribution in [0.25, 0.3) is 0 Å². The fraction of sp³-hybridized carbons (Fsp3) is 0.375. The van der Waals surface area contributed by atoms with Crippen LogP contribution in [-0.2, 0) is 6.54 Å². The van der Waals surface area contributed by atoms with Crippen molar-refractivity contribution < 1.29 is 4.57 Å². The summed E-state index contributed by atoms with van der Waals surface area (Å²) in [7, 11) is 0. The average Bonchev–Trinajstić information content (AvgIpc) is 2.04. The Kier molecular flexibility index (Phi) is 3.52. The molecule has 60 valence electrons. The zero-order valence-electron chi connectivity index (χ0n) is 6.55. The summed E-state index contributed by atoms with van der Waals surface area (Å²) < 4.78 is 5.06. The van der Waals surface area contributed by atoms with Gasteiger partial charge in [0.1, 0.15) is 0 Å². The Morgan fingerprint density at radius 2 is 2.09 bits per heavy atom. The van der Waals surface area contributed by atoms with Crippen molar-refractivity contribution in [3.05, 3.63) is 30.1 Å². The summed E-state index contributed by atoms with van der Waals surface area (Å²) in [5.74, 6) is 0. The normalized spacial score (nSPS) is 10.0. The minimum absolute atomic E-state index is 0.938. The van der Waals surface area contributed by atoms with Crippen molar-refractivity contribution in [2.75, 3.05) is 6.54 Å². The van der Waals surface area contributed by atoms with Crippen LogP contribution in [0.5, 0.6) is 0 Å².